The lowest BCUT2D eigenvalue weighted by Crippen LogP contribution is -2.21. The van der Waals surface area contributed by atoms with Crippen LogP contribution in [0.4, 0.5) is 0 Å². The molecule has 2 aromatic heterocycles. The van der Waals surface area contributed by atoms with Crippen LogP contribution in [0.25, 0.3) is 11.0 Å². The smallest absolute Gasteiger partial charge is 0.111 e. The molecule has 1 aliphatic carbocycles. The van der Waals surface area contributed by atoms with Crippen molar-refractivity contribution in [2.24, 2.45) is 5.41 Å². The highest BCUT2D eigenvalue weighted by Crippen LogP contribution is 2.39. The second kappa shape index (κ2) is 5.12. The van der Waals surface area contributed by atoms with Gasteiger partial charge < -0.3 is 4.57 Å². The number of pyridine rings is 1. The molecule has 0 bridgehead atoms. The minimum absolute atomic E-state index is 0.415. The third kappa shape index (κ3) is 2.48. The van der Waals surface area contributed by atoms with Crippen LogP contribution in [-0.2, 0) is 13.0 Å². The van der Waals surface area contributed by atoms with Gasteiger partial charge in [0.15, 0.2) is 0 Å². The molecular formula is C15H20ClN3. The molecule has 19 heavy (non-hydrogen) atoms. The molecule has 3 nitrogen and oxygen atoms in total. The summed E-state index contributed by atoms with van der Waals surface area (Å²) < 4.78 is 2.37. The molecule has 2 heterocycles. The number of imidazole rings is 1. The number of rotatable bonds is 4. The van der Waals surface area contributed by atoms with Gasteiger partial charge in [0.05, 0.1) is 11.7 Å². The van der Waals surface area contributed by atoms with Crippen LogP contribution in [0.5, 0.6) is 0 Å². The molecule has 0 aliphatic heterocycles. The van der Waals surface area contributed by atoms with Gasteiger partial charge in [0.25, 0.3) is 0 Å². The van der Waals surface area contributed by atoms with Gasteiger partial charge in [-0.15, -0.1) is 11.6 Å². The molecular weight excluding hydrogens is 258 g/mol. The average Bonchev–Trinajstić information content (AvgIpc) is 2.97. The van der Waals surface area contributed by atoms with Gasteiger partial charge in [0, 0.05) is 25.0 Å². The Morgan fingerprint density at radius 1 is 1.37 bits per heavy atom. The molecule has 0 amide bonds. The van der Waals surface area contributed by atoms with Crippen LogP contribution in [0.1, 0.15) is 38.4 Å². The zero-order valence-electron chi connectivity index (χ0n) is 11.4. The highest BCUT2D eigenvalue weighted by atomic mass is 35.5. The molecule has 102 valence electrons. The standard InChI is InChI=1S/C15H20ClN3/c1-15(6-2-3-7-15)11-19-13-5-9-17-10-12(13)18-14(19)4-8-16/h5,9-10H,2-4,6-8,11H2,1H3. The summed E-state index contributed by atoms with van der Waals surface area (Å²) in [4.78, 5) is 8.86. The summed E-state index contributed by atoms with van der Waals surface area (Å²) in [6, 6.07) is 2.07. The van der Waals surface area contributed by atoms with E-state index in [1.807, 2.05) is 12.4 Å². The molecule has 1 fully saturated rings. The first kappa shape index (κ1) is 12.9. The van der Waals surface area contributed by atoms with Crippen LogP contribution in [-0.4, -0.2) is 20.4 Å². The van der Waals surface area contributed by atoms with Crippen molar-refractivity contribution >= 4 is 22.6 Å². The second-order valence-electron chi connectivity index (χ2n) is 5.94. The highest BCUT2D eigenvalue weighted by molar-refractivity contribution is 6.17. The lowest BCUT2D eigenvalue weighted by Gasteiger charge is -2.25. The Balaban J connectivity index is 2.01. The average molecular weight is 278 g/mol. The number of fused-ring (bicyclic) bond motifs is 1. The van der Waals surface area contributed by atoms with Crippen LogP contribution in [0.3, 0.4) is 0 Å². The topological polar surface area (TPSA) is 30.7 Å². The maximum Gasteiger partial charge on any atom is 0.111 e. The van der Waals surface area contributed by atoms with E-state index in [2.05, 4.69) is 22.5 Å². The Labute approximate surface area is 119 Å². The van der Waals surface area contributed by atoms with Crippen molar-refractivity contribution in [2.45, 2.75) is 45.6 Å². The summed E-state index contributed by atoms with van der Waals surface area (Å²) in [5.41, 5.74) is 2.60. The number of nitrogens with zero attached hydrogens (tertiary/aromatic N) is 3. The van der Waals surface area contributed by atoms with Crippen molar-refractivity contribution in [3.8, 4) is 0 Å². The van der Waals surface area contributed by atoms with Crippen molar-refractivity contribution < 1.29 is 0 Å². The van der Waals surface area contributed by atoms with E-state index in [-0.39, 0.29) is 0 Å². The molecule has 3 rings (SSSR count). The van der Waals surface area contributed by atoms with Gasteiger partial charge in [-0.1, -0.05) is 19.8 Å². The van der Waals surface area contributed by atoms with E-state index in [0.717, 1.165) is 24.3 Å². The molecule has 0 radical (unpaired) electrons. The predicted molar refractivity (Wildman–Crippen MR) is 78.5 cm³/mol. The van der Waals surface area contributed by atoms with Crippen LogP contribution < -0.4 is 0 Å². The summed E-state index contributed by atoms with van der Waals surface area (Å²) in [6.45, 7) is 3.46. The number of alkyl halides is 1. The summed E-state index contributed by atoms with van der Waals surface area (Å²) >= 11 is 5.92. The molecule has 1 aliphatic rings. The van der Waals surface area contributed by atoms with Crippen LogP contribution >= 0.6 is 11.6 Å². The maximum absolute atomic E-state index is 5.92. The molecule has 2 aromatic rings. The number of hydrogen-bond acceptors (Lipinski definition) is 2. The van der Waals surface area contributed by atoms with E-state index < -0.39 is 0 Å². The summed E-state index contributed by atoms with van der Waals surface area (Å²) in [5, 5.41) is 0. The number of aryl methyl sites for hydroxylation is 1. The van der Waals surface area contributed by atoms with E-state index in [0.29, 0.717) is 11.3 Å². The Morgan fingerprint density at radius 3 is 2.89 bits per heavy atom. The largest absolute Gasteiger partial charge is 0.327 e. The summed E-state index contributed by atoms with van der Waals surface area (Å²) in [6.07, 6.45) is 9.87. The third-order valence-corrected chi connectivity index (χ3v) is 4.49. The van der Waals surface area contributed by atoms with E-state index in [9.17, 15) is 0 Å². The van der Waals surface area contributed by atoms with Crippen molar-refractivity contribution in [1.82, 2.24) is 14.5 Å². The molecule has 0 unspecified atom stereocenters. The minimum atomic E-state index is 0.415. The number of hydrogen-bond donors (Lipinski definition) is 0. The monoisotopic (exact) mass is 277 g/mol. The quantitative estimate of drug-likeness (QED) is 0.796. The van der Waals surface area contributed by atoms with Crippen molar-refractivity contribution in [1.29, 1.82) is 0 Å². The number of aromatic nitrogens is 3. The Morgan fingerprint density at radius 2 is 2.16 bits per heavy atom. The van der Waals surface area contributed by atoms with Gasteiger partial charge in [0.2, 0.25) is 0 Å². The lowest BCUT2D eigenvalue weighted by molar-refractivity contribution is 0.282. The fourth-order valence-corrected chi connectivity index (χ4v) is 3.42. The highest BCUT2D eigenvalue weighted by Gasteiger charge is 2.30. The second-order valence-corrected chi connectivity index (χ2v) is 6.31. The normalized spacial score (nSPS) is 18.2. The summed E-state index contributed by atoms with van der Waals surface area (Å²) in [7, 11) is 0. The van der Waals surface area contributed by atoms with Gasteiger partial charge >= 0.3 is 0 Å². The SMILES string of the molecule is CC1(Cn2c(CCCl)nc3cnccc32)CCCC1. The first-order valence-electron chi connectivity index (χ1n) is 7.07. The third-order valence-electron chi connectivity index (χ3n) is 4.30. The van der Waals surface area contributed by atoms with Crippen LogP contribution in [0.15, 0.2) is 18.5 Å². The van der Waals surface area contributed by atoms with Crippen molar-refractivity contribution in [2.75, 3.05) is 5.88 Å². The minimum Gasteiger partial charge on any atom is -0.327 e. The Bertz CT molecular complexity index is 570. The van der Waals surface area contributed by atoms with Crippen molar-refractivity contribution in [3.63, 3.8) is 0 Å². The predicted octanol–water partition coefficient (Wildman–Crippen LogP) is 3.79. The Kier molecular flexibility index (Phi) is 3.48. The molecule has 0 N–H and O–H groups in total. The van der Waals surface area contributed by atoms with Gasteiger partial charge in [-0.25, -0.2) is 4.98 Å². The van der Waals surface area contributed by atoms with E-state index in [1.54, 1.807) is 0 Å². The molecule has 1 saturated carbocycles. The van der Waals surface area contributed by atoms with E-state index >= 15 is 0 Å². The summed E-state index contributed by atoms with van der Waals surface area (Å²) in [5.74, 6) is 1.72. The van der Waals surface area contributed by atoms with Crippen LogP contribution in [0.2, 0.25) is 0 Å². The van der Waals surface area contributed by atoms with E-state index in [1.165, 1.54) is 31.2 Å². The molecule has 4 heteroatoms. The van der Waals surface area contributed by atoms with Crippen LogP contribution in [0, 0.1) is 5.41 Å². The maximum atomic E-state index is 5.92. The first-order chi connectivity index (χ1) is 9.22. The Hall–Kier alpha value is -1.09. The number of halogens is 1. The molecule has 0 saturated heterocycles. The molecule has 0 atom stereocenters. The van der Waals surface area contributed by atoms with Gasteiger partial charge in [-0.2, -0.15) is 0 Å². The fourth-order valence-electron chi connectivity index (χ4n) is 3.25. The molecule has 0 aromatic carbocycles. The fraction of sp³-hybridized carbons (Fsp3) is 0.600. The molecule has 0 spiro atoms. The van der Waals surface area contributed by atoms with Gasteiger partial charge in [-0.05, 0) is 24.3 Å². The van der Waals surface area contributed by atoms with Gasteiger partial charge in [0.1, 0.15) is 11.3 Å². The van der Waals surface area contributed by atoms with Gasteiger partial charge in [-0.3, -0.25) is 4.98 Å². The first-order valence-corrected chi connectivity index (χ1v) is 7.60. The van der Waals surface area contributed by atoms with E-state index in [4.69, 9.17) is 16.6 Å². The zero-order chi connectivity index (χ0) is 13.3. The van der Waals surface area contributed by atoms with Crippen molar-refractivity contribution in [3.05, 3.63) is 24.3 Å². The lowest BCUT2D eigenvalue weighted by atomic mass is 9.88. The zero-order valence-corrected chi connectivity index (χ0v) is 12.2.